The highest BCUT2D eigenvalue weighted by Crippen LogP contribution is 2.32. The average Bonchev–Trinajstić information content (AvgIpc) is 2.04. The SMILES string of the molecule is OC(F)C(F)(F)c1cncc(Br)c1. The molecule has 1 atom stereocenters. The molecule has 0 aromatic carbocycles. The number of aromatic nitrogens is 1. The van der Waals surface area contributed by atoms with Crippen LogP contribution in [0.3, 0.4) is 0 Å². The maximum absolute atomic E-state index is 12.8. The van der Waals surface area contributed by atoms with E-state index in [9.17, 15) is 13.2 Å². The van der Waals surface area contributed by atoms with Gasteiger partial charge < -0.3 is 5.11 Å². The Morgan fingerprint density at radius 3 is 2.54 bits per heavy atom. The van der Waals surface area contributed by atoms with Crippen LogP contribution in [0.5, 0.6) is 0 Å². The van der Waals surface area contributed by atoms with E-state index in [1.807, 2.05) is 0 Å². The van der Waals surface area contributed by atoms with Crippen LogP contribution in [0.25, 0.3) is 0 Å². The molecule has 0 aliphatic carbocycles. The zero-order chi connectivity index (χ0) is 10.1. The molecule has 0 bridgehead atoms. The number of pyridine rings is 1. The molecule has 1 rings (SSSR count). The zero-order valence-electron chi connectivity index (χ0n) is 6.22. The lowest BCUT2D eigenvalue weighted by Crippen LogP contribution is -2.26. The van der Waals surface area contributed by atoms with Crippen LogP contribution in [0.4, 0.5) is 13.2 Å². The maximum atomic E-state index is 12.8. The molecule has 1 unspecified atom stereocenters. The third kappa shape index (κ3) is 2.19. The minimum Gasteiger partial charge on any atom is -0.359 e. The van der Waals surface area contributed by atoms with Crippen LogP contribution in [0, 0.1) is 0 Å². The van der Waals surface area contributed by atoms with E-state index >= 15 is 0 Å². The highest BCUT2D eigenvalue weighted by atomic mass is 79.9. The van der Waals surface area contributed by atoms with Crippen LogP contribution in [-0.4, -0.2) is 16.4 Å². The third-order valence-electron chi connectivity index (χ3n) is 1.39. The molecule has 6 heteroatoms. The number of aliphatic hydroxyl groups is 1. The summed E-state index contributed by atoms with van der Waals surface area (Å²) in [4.78, 5) is 3.43. The molecule has 13 heavy (non-hydrogen) atoms. The van der Waals surface area contributed by atoms with Crippen molar-refractivity contribution in [1.82, 2.24) is 4.98 Å². The molecule has 0 saturated carbocycles. The van der Waals surface area contributed by atoms with Crippen LogP contribution in [-0.2, 0) is 5.92 Å². The average molecular weight is 256 g/mol. The van der Waals surface area contributed by atoms with E-state index in [1.54, 1.807) is 0 Å². The van der Waals surface area contributed by atoms with Crippen LogP contribution >= 0.6 is 15.9 Å². The van der Waals surface area contributed by atoms with Gasteiger partial charge in [0.05, 0.1) is 0 Å². The number of rotatable bonds is 2. The van der Waals surface area contributed by atoms with Gasteiger partial charge in [0.1, 0.15) is 0 Å². The standard InChI is InChI=1S/C7H5BrF3NO/c8-5-1-4(2-12-3-5)7(10,11)6(9)13/h1-3,6,13H. The Labute approximate surface area is 80.5 Å². The van der Waals surface area contributed by atoms with E-state index in [-0.39, 0.29) is 0 Å². The first kappa shape index (κ1) is 10.5. The number of hydrogen-bond donors (Lipinski definition) is 1. The molecule has 0 amide bonds. The summed E-state index contributed by atoms with van der Waals surface area (Å²) in [5.74, 6) is -3.92. The number of nitrogens with zero attached hydrogens (tertiary/aromatic N) is 1. The largest absolute Gasteiger partial charge is 0.359 e. The van der Waals surface area contributed by atoms with E-state index in [0.717, 1.165) is 12.3 Å². The van der Waals surface area contributed by atoms with Crippen molar-refractivity contribution in [3.63, 3.8) is 0 Å². The van der Waals surface area contributed by atoms with Gasteiger partial charge in [-0.25, -0.2) is 4.39 Å². The molecular weight excluding hydrogens is 251 g/mol. The summed E-state index contributed by atoms with van der Waals surface area (Å²) in [5, 5.41) is 8.16. The fourth-order valence-electron chi connectivity index (χ4n) is 0.732. The quantitative estimate of drug-likeness (QED) is 0.880. The van der Waals surface area contributed by atoms with Crippen LogP contribution < -0.4 is 0 Å². The molecule has 1 aromatic heterocycles. The van der Waals surface area contributed by atoms with Gasteiger partial charge in [0.25, 0.3) is 6.36 Å². The van der Waals surface area contributed by atoms with Crippen molar-refractivity contribution in [2.45, 2.75) is 12.3 Å². The van der Waals surface area contributed by atoms with Gasteiger partial charge in [0, 0.05) is 22.4 Å². The number of hydrogen-bond acceptors (Lipinski definition) is 2. The molecule has 0 radical (unpaired) electrons. The van der Waals surface area contributed by atoms with Crippen molar-refractivity contribution in [1.29, 1.82) is 0 Å². The fourth-order valence-corrected chi connectivity index (χ4v) is 1.10. The van der Waals surface area contributed by atoms with E-state index in [4.69, 9.17) is 5.11 Å². The van der Waals surface area contributed by atoms with Gasteiger partial charge in [-0.1, -0.05) is 0 Å². The van der Waals surface area contributed by atoms with Crippen molar-refractivity contribution < 1.29 is 18.3 Å². The Bertz CT molecular complexity index is 306. The van der Waals surface area contributed by atoms with Gasteiger partial charge in [-0.3, -0.25) is 4.98 Å². The normalized spacial score (nSPS) is 14.2. The molecule has 72 valence electrons. The summed E-state index contributed by atoms with van der Waals surface area (Å²) < 4.78 is 37.9. The second kappa shape index (κ2) is 3.63. The maximum Gasteiger partial charge on any atom is 0.329 e. The molecule has 0 aliphatic heterocycles. The van der Waals surface area contributed by atoms with Crippen LogP contribution in [0.1, 0.15) is 5.56 Å². The fraction of sp³-hybridized carbons (Fsp3) is 0.286. The third-order valence-corrected chi connectivity index (χ3v) is 1.82. The zero-order valence-corrected chi connectivity index (χ0v) is 7.80. The topological polar surface area (TPSA) is 33.1 Å². The van der Waals surface area contributed by atoms with Gasteiger partial charge in [-0.05, 0) is 22.0 Å². The predicted molar refractivity (Wildman–Crippen MR) is 42.9 cm³/mol. The van der Waals surface area contributed by atoms with Gasteiger partial charge >= 0.3 is 5.92 Å². The van der Waals surface area contributed by atoms with Crippen molar-refractivity contribution in [3.8, 4) is 0 Å². The lowest BCUT2D eigenvalue weighted by molar-refractivity contribution is -0.175. The van der Waals surface area contributed by atoms with Crippen LogP contribution in [0.2, 0.25) is 0 Å². The van der Waals surface area contributed by atoms with E-state index in [2.05, 4.69) is 20.9 Å². The van der Waals surface area contributed by atoms with E-state index < -0.39 is 17.8 Å². The lowest BCUT2D eigenvalue weighted by atomic mass is 10.1. The molecule has 0 spiro atoms. The Balaban J connectivity index is 3.07. The molecule has 1 aromatic rings. The smallest absolute Gasteiger partial charge is 0.329 e. The summed E-state index contributed by atoms with van der Waals surface area (Å²) in [6.45, 7) is 0. The van der Waals surface area contributed by atoms with Crippen molar-refractivity contribution >= 4 is 15.9 Å². The first-order valence-corrected chi connectivity index (χ1v) is 4.05. The Kier molecular flexibility index (Phi) is 2.92. The van der Waals surface area contributed by atoms with Crippen LogP contribution in [0.15, 0.2) is 22.9 Å². The van der Waals surface area contributed by atoms with Gasteiger partial charge in [-0.15, -0.1) is 0 Å². The first-order chi connectivity index (χ1) is 5.94. The van der Waals surface area contributed by atoms with E-state index in [1.165, 1.54) is 6.20 Å². The molecule has 0 fully saturated rings. The predicted octanol–water partition coefficient (Wildman–Crippen LogP) is 2.22. The van der Waals surface area contributed by atoms with Gasteiger partial charge in [-0.2, -0.15) is 8.78 Å². The van der Waals surface area contributed by atoms with Gasteiger partial charge in [0.2, 0.25) is 0 Å². The number of alkyl halides is 3. The van der Waals surface area contributed by atoms with Crippen molar-refractivity contribution in [2.24, 2.45) is 0 Å². The van der Waals surface area contributed by atoms with Crippen molar-refractivity contribution in [3.05, 3.63) is 28.5 Å². The number of halogens is 4. The Morgan fingerprint density at radius 1 is 1.46 bits per heavy atom. The summed E-state index contributed by atoms with van der Waals surface area (Å²) in [5.41, 5.74) is -0.670. The lowest BCUT2D eigenvalue weighted by Gasteiger charge is -2.16. The monoisotopic (exact) mass is 255 g/mol. The highest BCUT2D eigenvalue weighted by Gasteiger charge is 2.41. The molecule has 0 aliphatic rings. The molecular formula is C7H5BrF3NO. The minimum absolute atomic E-state index is 0.297. The highest BCUT2D eigenvalue weighted by molar-refractivity contribution is 9.10. The first-order valence-electron chi connectivity index (χ1n) is 3.25. The van der Waals surface area contributed by atoms with Crippen molar-refractivity contribution in [2.75, 3.05) is 0 Å². The summed E-state index contributed by atoms with van der Waals surface area (Å²) in [6, 6.07) is 0.996. The van der Waals surface area contributed by atoms with Gasteiger partial charge in [0.15, 0.2) is 0 Å². The Morgan fingerprint density at radius 2 is 2.08 bits per heavy atom. The van der Waals surface area contributed by atoms with E-state index in [0.29, 0.717) is 4.47 Å². The molecule has 2 nitrogen and oxygen atoms in total. The second-order valence-corrected chi connectivity index (χ2v) is 3.27. The molecule has 0 saturated heterocycles. The summed E-state index contributed by atoms with van der Waals surface area (Å²) in [6.07, 6.45) is -1.14. The summed E-state index contributed by atoms with van der Waals surface area (Å²) in [7, 11) is 0. The number of aliphatic hydroxyl groups excluding tert-OH is 1. The second-order valence-electron chi connectivity index (χ2n) is 2.35. The Hall–Kier alpha value is -0.620. The summed E-state index contributed by atoms with van der Waals surface area (Å²) >= 11 is 2.90. The minimum atomic E-state index is -3.92. The molecule has 1 N–H and O–H groups in total. The molecule has 1 heterocycles.